The van der Waals surface area contributed by atoms with Crippen molar-refractivity contribution in [3.05, 3.63) is 53.6 Å². The molecule has 0 radical (unpaired) electrons. The van der Waals surface area contributed by atoms with E-state index in [1.165, 1.54) is 18.2 Å². The highest BCUT2D eigenvalue weighted by Gasteiger charge is 2.21. The molecule has 0 saturated heterocycles. The summed E-state index contributed by atoms with van der Waals surface area (Å²) in [5.74, 6) is -1.32. The molecular weight excluding hydrogens is 436 g/mol. The van der Waals surface area contributed by atoms with Crippen LogP contribution in [-0.2, 0) is 20.2 Å². The molecule has 3 aromatic carbocycles. The second-order valence-corrected chi connectivity index (χ2v) is 9.33. The van der Waals surface area contributed by atoms with Gasteiger partial charge in [0.1, 0.15) is 5.75 Å². The Bertz CT molecular complexity index is 1410. The van der Waals surface area contributed by atoms with Gasteiger partial charge in [0.15, 0.2) is 0 Å². The quantitative estimate of drug-likeness (QED) is 0.292. The number of nitrogen functional groups attached to an aromatic ring is 1. The summed E-state index contributed by atoms with van der Waals surface area (Å²) < 4.78 is 64.7. The molecule has 12 heteroatoms. The number of nitrogens with two attached hydrogens (primary N) is 1. The van der Waals surface area contributed by atoms with E-state index in [-0.39, 0.29) is 22.0 Å². The van der Waals surface area contributed by atoms with Crippen molar-refractivity contribution in [2.75, 3.05) is 11.1 Å². The third-order valence-corrected chi connectivity index (χ3v) is 6.01. The summed E-state index contributed by atoms with van der Waals surface area (Å²) in [7, 11) is -9.48. The predicted octanol–water partition coefficient (Wildman–Crippen LogP) is 2.18. The number of benzene rings is 3. The Labute approximate surface area is 171 Å². The number of phenolic OH excluding ortho intramolecular Hbond substituents is 1. The van der Waals surface area contributed by atoms with Gasteiger partial charge in [-0.15, -0.1) is 0 Å². The minimum Gasteiger partial charge on any atom is -0.507 e. The minimum absolute atomic E-state index is 0.102. The number of rotatable bonds is 4. The van der Waals surface area contributed by atoms with Crippen LogP contribution in [0, 0.1) is 6.92 Å². The zero-order chi connectivity index (χ0) is 22.4. The first-order valence-corrected chi connectivity index (χ1v) is 11.1. The van der Waals surface area contributed by atoms with Gasteiger partial charge in [0.05, 0.1) is 15.5 Å². The van der Waals surface area contributed by atoms with Gasteiger partial charge in [-0.2, -0.15) is 16.8 Å². The van der Waals surface area contributed by atoms with Crippen LogP contribution >= 0.6 is 0 Å². The normalized spacial score (nSPS) is 12.1. The van der Waals surface area contributed by atoms with Gasteiger partial charge < -0.3 is 16.2 Å². The number of phenols is 1. The number of hydrogen-bond donors (Lipinski definition) is 5. The molecule has 0 fully saturated rings. The average Bonchev–Trinajstić information content (AvgIpc) is 2.61. The Kier molecular flexibility index (Phi) is 5.20. The molecule has 0 aliphatic carbocycles. The number of carbonyl (C=O) groups is 1. The lowest BCUT2D eigenvalue weighted by atomic mass is 10.1. The van der Waals surface area contributed by atoms with Crippen molar-refractivity contribution >= 4 is 48.3 Å². The number of amides is 1. The van der Waals surface area contributed by atoms with E-state index in [9.17, 15) is 35.8 Å². The molecule has 0 aromatic heterocycles. The van der Waals surface area contributed by atoms with Gasteiger partial charge in [-0.25, -0.2) is 0 Å². The van der Waals surface area contributed by atoms with Crippen LogP contribution in [0.2, 0.25) is 0 Å². The molecule has 158 valence electrons. The number of anilines is 2. The number of carbonyl (C=O) groups excluding carboxylic acids is 1. The van der Waals surface area contributed by atoms with Crippen LogP contribution in [0.5, 0.6) is 5.75 Å². The van der Waals surface area contributed by atoms with Gasteiger partial charge in [0, 0.05) is 22.7 Å². The molecule has 0 bridgehead atoms. The standard InChI is InChI=1S/C18H16N2O8S2/c1-9-4-10(2-3-14(9)19)18(22)20-15-7-12(29(23,24)25)5-11-6-13(30(26,27)28)8-16(21)17(11)15/h2-8,21H,19H2,1H3,(H,20,22)(H,23,24,25)(H,26,27,28). The Morgan fingerprint density at radius 3 is 2.03 bits per heavy atom. The van der Waals surface area contributed by atoms with Gasteiger partial charge in [-0.05, 0) is 54.3 Å². The first-order chi connectivity index (χ1) is 13.8. The molecule has 3 rings (SSSR count). The van der Waals surface area contributed by atoms with Crippen molar-refractivity contribution in [1.82, 2.24) is 0 Å². The smallest absolute Gasteiger partial charge is 0.294 e. The molecule has 6 N–H and O–H groups in total. The number of fused-ring (bicyclic) bond motifs is 1. The second-order valence-electron chi connectivity index (χ2n) is 6.49. The maximum atomic E-state index is 12.6. The molecule has 0 aliphatic rings. The minimum atomic E-state index is -4.75. The van der Waals surface area contributed by atoms with Crippen LogP contribution in [-0.4, -0.2) is 37.0 Å². The largest absolute Gasteiger partial charge is 0.507 e. The molecule has 0 aliphatic heterocycles. The summed E-state index contributed by atoms with van der Waals surface area (Å²) in [6.07, 6.45) is 0. The molecule has 3 aromatic rings. The van der Waals surface area contributed by atoms with Crippen LogP contribution in [0.4, 0.5) is 11.4 Å². The molecule has 0 saturated carbocycles. The fourth-order valence-corrected chi connectivity index (χ4v) is 3.93. The second kappa shape index (κ2) is 7.25. The van der Waals surface area contributed by atoms with E-state index >= 15 is 0 Å². The number of hydrogen-bond acceptors (Lipinski definition) is 7. The van der Waals surface area contributed by atoms with Gasteiger partial charge in [-0.1, -0.05) is 0 Å². The molecule has 10 nitrogen and oxygen atoms in total. The molecule has 0 spiro atoms. The molecule has 30 heavy (non-hydrogen) atoms. The summed E-state index contributed by atoms with van der Waals surface area (Å²) in [4.78, 5) is 11.3. The van der Waals surface area contributed by atoms with Gasteiger partial charge in [-0.3, -0.25) is 13.9 Å². The van der Waals surface area contributed by atoms with E-state index in [2.05, 4.69) is 5.32 Å². The van der Waals surface area contributed by atoms with Crippen molar-refractivity contribution in [3.8, 4) is 5.75 Å². The van der Waals surface area contributed by atoms with Crippen molar-refractivity contribution in [1.29, 1.82) is 0 Å². The van der Waals surface area contributed by atoms with Gasteiger partial charge in [0.25, 0.3) is 26.1 Å². The maximum absolute atomic E-state index is 12.6. The fourth-order valence-electron chi connectivity index (χ4n) is 2.85. The summed E-state index contributed by atoms with van der Waals surface area (Å²) in [6.45, 7) is 1.68. The van der Waals surface area contributed by atoms with E-state index < -0.39 is 41.7 Å². The van der Waals surface area contributed by atoms with Crippen LogP contribution in [0.25, 0.3) is 10.8 Å². The van der Waals surface area contributed by atoms with Crippen molar-refractivity contribution in [2.24, 2.45) is 0 Å². The Hall–Kier alpha value is -3.19. The Balaban J connectivity index is 2.23. The highest BCUT2D eigenvalue weighted by Crippen LogP contribution is 2.37. The third-order valence-electron chi connectivity index (χ3n) is 4.35. The summed E-state index contributed by atoms with van der Waals surface area (Å²) in [5, 5.41) is 12.5. The number of aryl methyl sites for hydroxylation is 1. The first-order valence-electron chi connectivity index (χ1n) is 8.20. The van der Waals surface area contributed by atoms with Crippen molar-refractivity contribution in [2.45, 2.75) is 16.7 Å². The highest BCUT2D eigenvalue weighted by molar-refractivity contribution is 7.86. The maximum Gasteiger partial charge on any atom is 0.294 e. The Morgan fingerprint density at radius 2 is 1.50 bits per heavy atom. The zero-order valence-corrected chi connectivity index (χ0v) is 17.0. The van der Waals surface area contributed by atoms with Gasteiger partial charge in [0.2, 0.25) is 0 Å². The van der Waals surface area contributed by atoms with E-state index in [0.717, 1.165) is 24.3 Å². The van der Waals surface area contributed by atoms with E-state index in [1.807, 2.05) is 0 Å². The van der Waals surface area contributed by atoms with E-state index in [1.54, 1.807) is 6.92 Å². The third kappa shape index (κ3) is 4.21. The van der Waals surface area contributed by atoms with Crippen molar-refractivity contribution in [3.63, 3.8) is 0 Å². The molecular formula is C18H16N2O8S2. The lowest BCUT2D eigenvalue weighted by molar-refractivity contribution is 0.102. The average molecular weight is 452 g/mol. The number of nitrogens with one attached hydrogen (secondary N) is 1. The monoisotopic (exact) mass is 452 g/mol. The predicted molar refractivity (Wildman–Crippen MR) is 109 cm³/mol. The summed E-state index contributed by atoms with van der Waals surface area (Å²) in [5.41, 5.74) is 6.78. The van der Waals surface area contributed by atoms with E-state index in [4.69, 9.17) is 5.73 Å². The number of aromatic hydroxyl groups is 1. The van der Waals surface area contributed by atoms with Crippen LogP contribution < -0.4 is 11.1 Å². The Morgan fingerprint density at radius 1 is 0.933 bits per heavy atom. The molecule has 0 unspecified atom stereocenters. The SMILES string of the molecule is Cc1cc(C(=O)Nc2cc(S(=O)(=O)O)cc3cc(S(=O)(=O)O)cc(O)c23)ccc1N. The lowest BCUT2D eigenvalue weighted by Gasteiger charge is -2.13. The zero-order valence-electron chi connectivity index (χ0n) is 15.3. The van der Waals surface area contributed by atoms with Crippen LogP contribution in [0.1, 0.15) is 15.9 Å². The molecule has 0 atom stereocenters. The fraction of sp³-hybridized carbons (Fsp3) is 0.0556. The lowest BCUT2D eigenvalue weighted by Crippen LogP contribution is -2.13. The first kappa shape index (κ1) is 21.5. The van der Waals surface area contributed by atoms with Crippen LogP contribution in [0.3, 0.4) is 0 Å². The van der Waals surface area contributed by atoms with Gasteiger partial charge >= 0.3 is 0 Å². The van der Waals surface area contributed by atoms with Crippen molar-refractivity contribution < 1.29 is 35.8 Å². The summed E-state index contributed by atoms with van der Waals surface area (Å²) >= 11 is 0. The van der Waals surface area contributed by atoms with Crippen LogP contribution in [0.15, 0.2) is 52.3 Å². The highest BCUT2D eigenvalue weighted by atomic mass is 32.2. The molecule has 1 amide bonds. The topological polar surface area (TPSA) is 184 Å². The summed E-state index contributed by atoms with van der Waals surface area (Å²) in [6, 6.07) is 7.87. The van der Waals surface area contributed by atoms with E-state index in [0.29, 0.717) is 11.3 Å². The molecule has 0 heterocycles.